The van der Waals surface area contributed by atoms with Crippen LogP contribution in [-0.2, 0) is 4.74 Å². The van der Waals surface area contributed by atoms with Gasteiger partial charge in [0.2, 0.25) is 0 Å². The molecule has 2 unspecified atom stereocenters. The van der Waals surface area contributed by atoms with Crippen LogP contribution < -0.4 is 0 Å². The highest BCUT2D eigenvalue weighted by Crippen LogP contribution is 2.49. The molecule has 0 aromatic carbocycles. The Morgan fingerprint density at radius 1 is 1.25 bits per heavy atom. The van der Waals surface area contributed by atoms with Crippen molar-refractivity contribution in [2.75, 3.05) is 6.61 Å². The molecule has 2 aliphatic rings. The highest BCUT2D eigenvalue weighted by molar-refractivity contribution is 5.19. The molecule has 1 fully saturated rings. The van der Waals surface area contributed by atoms with Crippen LogP contribution in [0, 0.1) is 17.3 Å². The summed E-state index contributed by atoms with van der Waals surface area (Å²) >= 11 is 0. The molecular weight excluding hydrogens is 196 g/mol. The molecule has 0 N–H and O–H groups in total. The van der Waals surface area contributed by atoms with Gasteiger partial charge in [0.15, 0.2) is 0 Å². The molecule has 1 aliphatic carbocycles. The number of allylic oxidation sites excluding steroid dienone is 2. The molecule has 1 heteroatoms. The van der Waals surface area contributed by atoms with E-state index in [0.717, 1.165) is 18.4 Å². The van der Waals surface area contributed by atoms with Crippen LogP contribution in [0.4, 0.5) is 0 Å². The molecule has 92 valence electrons. The number of hydrogen-bond donors (Lipinski definition) is 0. The topological polar surface area (TPSA) is 9.23 Å². The van der Waals surface area contributed by atoms with Gasteiger partial charge in [-0.05, 0) is 57.3 Å². The van der Waals surface area contributed by atoms with Crippen molar-refractivity contribution in [1.82, 2.24) is 0 Å². The third kappa shape index (κ3) is 2.07. The van der Waals surface area contributed by atoms with Crippen molar-refractivity contribution in [2.45, 2.75) is 59.5 Å². The Labute approximate surface area is 100 Å². The maximum absolute atomic E-state index is 6.00. The van der Waals surface area contributed by atoms with E-state index in [2.05, 4.69) is 40.7 Å². The second kappa shape index (κ2) is 3.87. The van der Waals surface area contributed by atoms with Crippen molar-refractivity contribution in [3.63, 3.8) is 0 Å². The first-order chi connectivity index (χ1) is 7.33. The first kappa shape index (κ1) is 12.2. The summed E-state index contributed by atoms with van der Waals surface area (Å²) in [6.45, 7) is 12.5. The maximum Gasteiger partial charge on any atom is 0.0626 e. The molecule has 0 aromatic heterocycles. The van der Waals surface area contributed by atoms with Gasteiger partial charge in [0, 0.05) is 0 Å². The van der Waals surface area contributed by atoms with Crippen molar-refractivity contribution in [2.24, 2.45) is 17.3 Å². The van der Waals surface area contributed by atoms with Gasteiger partial charge in [-0.1, -0.05) is 25.5 Å². The molecule has 0 amide bonds. The summed E-state index contributed by atoms with van der Waals surface area (Å²) in [4.78, 5) is 0. The largest absolute Gasteiger partial charge is 0.375 e. The van der Waals surface area contributed by atoms with Gasteiger partial charge in [0.1, 0.15) is 0 Å². The summed E-state index contributed by atoms with van der Waals surface area (Å²) < 4.78 is 6.00. The fraction of sp³-hybridized carbons (Fsp3) is 0.867. The number of rotatable bonds is 1. The normalized spacial score (nSPS) is 37.2. The monoisotopic (exact) mass is 222 g/mol. The van der Waals surface area contributed by atoms with Crippen LogP contribution in [0.25, 0.3) is 0 Å². The van der Waals surface area contributed by atoms with Crippen LogP contribution in [0.1, 0.15) is 53.9 Å². The number of hydrogen-bond acceptors (Lipinski definition) is 1. The quantitative estimate of drug-likeness (QED) is 0.605. The molecule has 0 saturated carbocycles. The van der Waals surface area contributed by atoms with Crippen LogP contribution >= 0.6 is 0 Å². The molecule has 1 nitrogen and oxygen atoms in total. The molecule has 2 atom stereocenters. The molecule has 2 rings (SSSR count). The maximum atomic E-state index is 6.00. The van der Waals surface area contributed by atoms with Crippen LogP contribution in [0.5, 0.6) is 0 Å². The van der Waals surface area contributed by atoms with Crippen LogP contribution in [0.3, 0.4) is 0 Å². The molecular formula is C15H26O. The molecule has 16 heavy (non-hydrogen) atoms. The Morgan fingerprint density at radius 3 is 2.38 bits per heavy atom. The summed E-state index contributed by atoms with van der Waals surface area (Å²) in [7, 11) is 0. The molecule has 0 aromatic rings. The van der Waals surface area contributed by atoms with Crippen molar-refractivity contribution in [3.8, 4) is 0 Å². The van der Waals surface area contributed by atoms with E-state index in [9.17, 15) is 0 Å². The van der Waals surface area contributed by atoms with E-state index in [1.165, 1.54) is 19.3 Å². The van der Waals surface area contributed by atoms with Gasteiger partial charge in [-0.2, -0.15) is 0 Å². The van der Waals surface area contributed by atoms with Crippen LogP contribution in [-0.4, -0.2) is 12.2 Å². The van der Waals surface area contributed by atoms with Crippen LogP contribution in [0.15, 0.2) is 11.6 Å². The average Bonchev–Trinajstić information content (AvgIpc) is 2.43. The van der Waals surface area contributed by atoms with Crippen molar-refractivity contribution >= 4 is 0 Å². The summed E-state index contributed by atoms with van der Waals surface area (Å²) in [6, 6.07) is 0. The third-order valence-corrected chi connectivity index (χ3v) is 5.00. The summed E-state index contributed by atoms with van der Waals surface area (Å²) in [5, 5.41) is 0. The zero-order valence-corrected chi connectivity index (χ0v) is 11.5. The lowest BCUT2D eigenvalue weighted by molar-refractivity contribution is -0.0952. The second-order valence-electron chi connectivity index (χ2n) is 6.82. The van der Waals surface area contributed by atoms with E-state index in [1.54, 1.807) is 5.57 Å². The molecule has 0 spiro atoms. The predicted molar refractivity (Wildman–Crippen MR) is 68.4 cm³/mol. The Balaban J connectivity index is 2.01. The molecule has 1 saturated heterocycles. The van der Waals surface area contributed by atoms with Gasteiger partial charge in [0.05, 0.1) is 12.2 Å². The summed E-state index contributed by atoms with van der Waals surface area (Å²) in [6.07, 6.45) is 6.24. The third-order valence-electron chi connectivity index (χ3n) is 5.00. The lowest BCUT2D eigenvalue weighted by Crippen LogP contribution is -2.39. The van der Waals surface area contributed by atoms with Crippen LogP contribution in [0.2, 0.25) is 0 Å². The lowest BCUT2D eigenvalue weighted by atomic mass is 9.69. The van der Waals surface area contributed by atoms with E-state index in [1.807, 2.05) is 0 Å². The zero-order valence-electron chi connectivity index (χ0n) is 11.5. The van der Waals surface area contributed by atoms with Gasteiger partial charge in [0.25, 0.3) is 0 Å². The Hall–Kier alpha value is -0.300. The fourth-order valence-electron chi connectivity index (χ4n) is 3.27. The van der Waals surface area contributed by atoms with Gasteiger partial charge in [-0.3, -0.25) is 0 Å². The molecule has 0 bridgehead atoms. The average molecular weight is 222 g/mol. The van der Waals surface area contributed by atoms with Gasteiger partial charge in [-0.25, -0.2) is 0 Å². The van der Waals surface area contributed by atoms with Gasteiger partial charge < -0.3 is 4.74 Å². The minimum Gasteiger partial charge on any atom is -0.375 e. The van der Waals surface area contributed by atoms with Crippen molar-refractivity contribution in [3.05, 3.63) is 11.6 Å². The lowest BCUT2D eigenvalue weighted by Gasteiger charge is -2.42. The van der Waals surface area contributed by atoms with E-state index < -0.39 is 0 Å². The molecule has 1 aliphatic heterocycles. The van der Waals surface area contributed by atoms with Gasteiger partial charge >= 0.3 is 0 Å². The molecule has 0 radical (unpaired) electrons. The Bertz CT molecular complexity index is 289. The Kier molecular flexibility index (Phi) is 2.94. The van der Waals surface area contributed by atoms with E-state index in [0.29, 0.717) is 5.41 Å². The predicted octanol–water partition coefficient (Wildman–Crippen LogP) is 4.18. The minimum atomic E-state index is 0.113. The first-order valence-electron chi connectivity index (χ1n) is 6.64. The van der Waals surface area contributed by atoms with Crippen molar-refractivity contribution < 1.29 is 4.74 Å². The zero-order chi connectivity index (χ0) is 12.0. The summed E-state index contributed by atoms with van der Waals surface area (Å²) in [5.74, 6) is 1.56. The van der Waals surface area contributed by atoms with Gasteiger partial charge in [-0.15, -0.1) is 0 Å². The Morgan fingerprint density at radius 2 is 1.94 bits per heavy atom. The fourth-order valence-corrected chi connectivity index (χ4v) is 3.27. The summed E-state index contributed by atoms with van der Waals surface area (Å²) in [5.41, 5.74) is 2.07. The van der Waals surface area contributed by atoms with E-state index in [4.69, 9.17) is 4.74 Å². The van der Waals surface area contributed by atoms with Crippen molar-refractivity contribution in [1.29, 1.82) is 0 Å². The van der Waals surface area contributed by atoms with E-state index in [-0.39, 0.29) is 5.60 Å². The van der Waals surface area contributed by atoms with E-state index >= 15 is 0 Å². The SMILES string of the molecule is CC1=CCC(C2CCC(C)(C)OC2)C1(C)C. The standard InChI is InChI=1S/C15H26O/c1-11-6-7-13(15(11,4)5)12-8-9-14(2,3)16-10-12/h6,12-13H,7-10H2,1-5H3. The highest BCUT2D eigenvalue weighted by atomic mass is 16.5. The first-order valence-corrected chi connectivity index (χ1v) is 6.64. The minimum absolute atomic E-state index is 0.113. The smallest absolute Gasteiger partial charge is 0.0626 e. The molecule has 1 heterocycles. The highest BCUT2D eigenvalue weighted by Gasteiger charge is 2.42. The second-order valence-corrected chi connectivity index (χ2v) is 6.82. The number of ether oxygens (including phenoxy) is 1.